The molecule has 142 valence electrons. The molecule has 0 unspecified atom stereocenters. The van der Waals surface area contributed by atoms with Crippen molar-refractivity contribution < 1.29 is 9.34 Å². The molecule has 0 fully saturated rings. The Labute approximate surface area is 156 Å². The van der Waals surface area contributed by atoms with E-state index in [0.717, 1.165) is 31.7 Å². The van der Waals surface area contributed by atoms with Crippen molar-refractivity contribution >= 4 is 33.3 Å². The summed E-state index contributed by atoms with van der Waals surface area (Å²) in [5.74, 6) is 0. The van der Waals surface area contributed by atoms with Gasteiger partial charge in [-0.1, -0.05) is 0 Å². The molecular formula is C20H23N3O4. The molecule has 0 aliphatic carbocycles. The van der Waals surface area contributed by atoms with Crippen molar-refractivity contribution in [3.8, 4) is 0 Å². The minimum atomic E-state index is -0.496. The average molecular weight is 369 g/mol. The van der Waals surface area contributed by atoms with Gasteiger partial charge in [-0.25, -0.2) is 0 Å². The van der Waals surface area contributed by atoms with Crippen LogP contribution in [-0.4, -0.2) is 43.6 Å². The Hall–Kier alpha value is -2.93. The van der Waals surface area contributed by atoms with E-state index >= 15 is 0 Å². The quantitative estimate of drug-likeness (QED) is 0.359. The maximum atomic E-state index is 12.7. The molecule has 2 aromatic carbocycles. The van der Waals surface area contributed by atoms with Crippen molar-refractivity contribution in [2.24, 2.45) is 0 Å². The standard InChI is InChI=1S/C20H23N3O4/c1-4-22(11-5-10-21(2)3)14-6-8-16-18(12-14)27-19-13-15(23(25)26)7-9-17(19)20(16)24/h6-9,12-13H,4-5,10-11H2,1-3H3. The van der Waals surface area contributed by atoms with E-state index in [0.29, 0.717) is 16.4 Å². The molecule has 3 aromatic rings. The highest BCUT2D eigenvalue weighted by atomic mass is 16.6. The first-order chi connectivity index (χ1) is 12.9. The van der Waals surface area contributed by atoms with Gasteiger partial charge in [-0.2, -0.15) is 0 Å². The molecule has 7 heteroatoms. The van der Waals surface area contributed by atoms with Gasteiger partial charge in [0.15, 0.2) is 0 Å². The first kappa shape index (κ1) is 18.8. The second-order valence-corrected chi connectivity index (χ2v) is 6.79. The Morgan fingerprint density at radius 1 is 1.04 bits per heavy atom. The first-order valence-electron chi connectivity index (χ1n) is 8.95. The third kappa shape index (κ3) is 3.93. The summed E-state index contributed by atoms with van der Waals surface area (Å²) in [5, 5.41) is 11.8. The molecule has 0 saturated carbocycles. The summed E-state index contributed by atoms with van der Waals surface area (Å²) in [6.07, 6.45) is 1.02. The third-order valence-electron chi connectivity index (χ3n) is 4.63. The number of hydrogen-bond acceptors (Lipinski definition) is 6. The van der Waals surface area contributed by atoms with E-state index in [1.54, 1.807) is 6.07 Å². The van der Waals surface area contributed by atoms with Crippen LogP contribution >= 0.6 is 0 Å². The summed E-state index contributed by atoms with van der Waals surface area (Å²) >= 11 is 0. The van der Waals surface area contributed by atoms with Crippen LogP contribution in [0.2, 0.25) is 0 Å². The number of anilines is 1. The van der Waals surface area contributed by atoms with Crippen LogP contribution < -0.4 is 10.3 Å². The van der Waals surface area contributed by atoms with E-state index in [1.807, 2.05) is 26.2 Å². The SMILES string of the molecule is CCN(CCCN(C)C)c1ccc2c(=O)c3ccc([N+](=O)[O-])cc3oc2c1. The molecule has 1 aromatic heterocycles. The molecule has 0 saturated heterocycles. The predicted octanol–water partition coefficient (Wildman–Crippen LogP) is 3.63. The lowest BCUT2D eigenvalue weighted by Gasteiger charge is -2.24. The van der Waals surface area contributed by atoms with Crippen molar-refractivity contribution in [3.05, 3.63) is 56.7 Å². The molecule has 0 amide bonds. The molecule has 27 heavy (non-hydrogen) atoms. The Bertz CT molecular complexity index is 1040. The summed E-state index contributed by atoms with van der Waals surface area (Å²) in [6.45, 7) is 4.80. The smallest absolute Gasteiger partial charge is 0.273 e. The highest BCUT2D eigenvalue weighted by Crippen LogP contribution is 2.26. The Morgan fingerprint density at radius 2 is 1.70 bits per heavy atom. The maximum absolute atomic E-state index is 12.7. The van der Waals surface area contributed by atoms with Crippen LogP contribution in [0.3, 0.4) is 0 Å². The lowest BCUT2D eigenvalue weighted by Crippen LogP contribution is -2.27. The second-order valence-electron chi connectivity index (χ2n) is 6.79. The van der Waals surface area contributed by atoms with Gasteiger partial charge in [0, 0.05) is 30.9 Å². The van der Waals surface area contributed by atoms with E-state index in [1.165, 1.54) is 18.2 Å². The molecule has 3 rings (SSSR count). The Kier molecular flexibility index (Phi) is 5.41. The van der Waals surface area contributed by atoms with Crippen molar-refractivity contribution in [1.82, 2.24) is 4.90 Å². The van der Waals surface area contributed by atoms with Crippen LogP contribution in [0, 0.1) is 10.1 Å². The third-order valence-corrected chi connectivity index (χ3v) is 4.63. The van der Waals surface area contributed by atoms with E-state index in [4.69, 9.17) is 4.42 Å². The molecule has 0 atom stereocenters. The van der Waals surface area contributed by atoms with Crippen LogP contribution in [0.1, 0.15) is 13.3 Å². The lowest BCUT2D eigenvalue weighted by atomic mass is 10.1. The monoisotopic (exact) mass is 369 g/mol. The van der Waals surface area contributed by atoms with Crippen LogP contribution in [0.15, 0.2) is 45.6 Å². The molecule has 7 nitrogen and oxygen atoms in total. The summed E-state index contributed by atoms with van der Waals surface area (Å²) in [5.41, 5.74) is 1.37. The van der Waals surface area contributed by atoms with E-state index < -0.39 is 4.92 Å². The van der Waals surface area contributed by atoms with Gasteiger partial charge in [0.1, 0.15) is 11.2 Å². The van der Waals surface area contributed by atoms with Gasteiger partial charge in [-0.3, -0.25) is 14.9 Å². The van der Waals surface area contributed by atoms with Crippen molar-refractivity contribution in [2.75, 3.05) is 38.6 Å². The zero-order chi connectivity index (χ0) is 19.6. The van der Waals surface area contributed by atoms with Gasteiger partial charge in [-0.05, 0) is 52.2 Å². The van der Waals surface area contributed by atoms with Gasteiger partial charge in [0.2, 0.25) is 5.43 Å². The summed E-state index contributed by atoms with van der Waals surface area (Å²) in [4.78, 5) is 27.6. The van der Waals surface area contributed by atoms with E-state index in [2.05, 4.69) is 16.7 Å². The molecule has 0 aliphatic rings. The van der Waals surface area contributed by atoms with Crippen LogP contribution in [0.4, 0.5) is 11.4 Å². The Balaban J connectivity index is 2.03. The van der Waals surface area contributed by atoms with Crippen molar-refractivity contribution in [1.29, 1.82) is 0 Å². The number of nitro benzene ring substituents is 1. The molecule has 1 heterocycles. The zero-order valence-electron chi connectivity index (χ0n) is 15.8. The molecular weight excluding hydrogens is 346 g/mol. The van der Waals surface area contributed by atoms with E-state index in [-0.39, 0.29) is 16.7 Å². The number of nitrogens with zero attached hydrogens (tertiary/aromatic N) is 3. The summed E-state index contributed by atoms with van der Waals surface area (Å²) < 4.78 is 5.86. The summed E-state index contributed by atoms with van der Waals surface area (Å²) in [7, 11) is 4.09. The number of nitro groups is 1. The van der Waals surface area contributed by atoms with Crippen LogP contribution in [0.25, 0.3) is 21.9 Å². The number of non-ortho nitro benzene ring substituents is 1. The zero-order valence-corrected chi connectivity index (χ0v) is 15.8. The number of hydrogen-bond donors (Lipinski definition) is 0. The van der Waals surface area contributed by atoms with Gasteiger partial charge in [0.25, 0.3) is 5.69 Å². The number of fused-ring (bicyclic) bond motifs is 2. The molecule has 0 spiro atoms. The van der Waals surface area contributed by atoms with Gasteiger partial charge < -0.3 is 14.2 Å². The fourth-order valence-electron chi connectivity index (χ4n) is 3.19. The predicted molar refractivity (Wildman–Crippen MR) is 108 cm³/mol. The maximum Gasteiger partial charge on any atom is 0.273 e. The van der Waals surface area contributed by atoms with Gasteiger partial charge in [0.05, 0.1) is 21.8 Å². The van der Waals surface area contributed by atoms with Crippen molar-refractivity contribution in [2.45, 2.75) is 13.3 Å². The fraction of sp³-hybridized carbons (Fsp3) is 0.350. The summed E-state index contributed by atoms with van der Waals surface area (Å²) in [6, 6.07) is 9.61. The fourth-order valence-corrected chi connectivity index (χ4v) is 3.19. The largest absolute Gasteiger partial charge is 0.455 e. The second kappa shape index (κ2) is 7.75. The molecule has 0 N–H and O–H groups in total. The number of rotatable bonds is 7. The first-order valence-corrected chi connectivity index (χ1v) is 8.95. The minimum Gasteiger partial charge on any atom is -0.455 e. The molecule has 0 radical (unpaired) electrons. The molecule has 0 aliphatic heterocycles. The highest BCUT2D eigenvalue weighted by Gasteiger charge is 2.14. The average Bonchev–Trinajstić information content (AvgIpc) is 2.64. The van der Waals surface area contributed by atoms with Crippen LogP contribution in [0.5, 0.6) is 0 Å². The highest BCUT2D eigenvalue weighted by molar-refractivity contribution is 5.91. The Morgan fingerprint density at radius 3 is 2.33 bits per heavy atom. The topological polar surface area (TPSA) is 79.8 Å². The van der Waals surface area contributed by atoms with Crippen LogP contribution in [-0.2, 0) is 0 Å². The normalized spacial score (nSPS) is 11.4. The minimum absolute atomic E-state index is 0.0972. The number of benzene rings is 2. The van der Waals surface area contributed by atoms with Gasteiger partial charge >= 0.3 is 0 Å². The van der Waals surface area contributed by atoms with Gasteiger partial charge in [-0.15, -0.1) is 0 Å². The lowest BCUT2D eigenvalue weighted by molar-refractivity contribution is -0.384. The van der Waals surface area contributed by atoms with E-state index in [9.17, 15) is 14.9 Å². The van der Waals surface area contributed by atoms with Crippen molar-refractivity contribution in [3.63, 3.8) is 0 Å². The molecule has 0 bridgehead atoms.